The Labute approximate surface area is 88.9 Å². The molecule has 1 atom stereocenters. The summed E-state index contributed by atoms with van der Waals surface area (Å²) in [5, 5.41) is 6.69. The van der Waals surface area contributed by atoms with Crippen molar-refractivity contribution in [2.45, 2.75) is 12.6 Å². The summed E-state index contributed by atoms with van der Waals surface area (Å²) >= 11 is 0. The molecule has 1 aromatic carbocycles. The standard InChI is InChI=1S/C11H16FN3/c12-9-1-2-10(8(5-9)6-13)11-7-14-3-4-15-11/h1-2,5,11,14-15H,3-4,6-7,13H2/t11-/m1/s1. The first-order chi connectivity index (χ1) is 7.31. The quantitative estimate of drug-likeness (QED) is 0.665. The number of benzene rings is 1. The minimum Gasteiger partial charge on any atom is -0.326 e. The molecule has 82 valence electrons. The van der Waals surface area contributed by atoms with Crippen LogP contribution in [0.15, 0.2) is 18.2 Å². The number of piperazine rings is 1. The average Bonchev–Trinajstić information content (AvgIpc) is 2.30. The third-order valence-electron chi connectivity index (χ3n) is 2.74. The van der Waals surface area contributed by atoms with Crippen LogP contribution in [0.25, 0.3) is 0 Å². The summed E-state index contributed by atoms with van der Waals surface area (Å²) in [7, 11) is 0. The van der Waals surface area contributed by atoms with Crippen molar-refractivity contribution in [1.82, 2.24) is 10.6 Å². The third kappa shape index (κ3) is 2.34. The van der Waals surface area contributed by atoms with E-state index < -0.39 is 0 Å². The maximum atomic E-state index is 13.0. The first-order valence-corrected chi connectivity index (χ1v) is 5.24. The molecule has 0 bridgehead atoms. The van der Waals surface area contributed by atoms with Gasteiger partial charge in [-0.2, -0.15) is 0 Å². The van der Waals surface area contributed by atoms with Gasteiger partial charge in [-0.1, -0.05) is 6.07 Å². The second-order valence-electron chi connectivity index (χ2n) is 3.76. The Bertz CT molecular complexity index is 335. The Morgan fingerprint density at radius 1 is 1.40 bits per heavy atom. The van der Waals surface area contributed by atoms with Gasteiger partial charge in [0.05, 0.1) is 0 Å². The summed E-state index contributed by atoms with van der Waals surface area (Å²) in [6, 6.07) is 5.08. The largest absolute Gasteiger partial charge is 0.326 e. The third-order valence-corrected chi connectivity index (χ3v) is 2.74. The molecular weight excluding hydrogens is 193 g/mol. The van der Waals surface area contributed by atoms with Gasteiger partial charge in [-0.3, -0.25) is 0 Å². The summed E-state index contributed by atoms with van der Waals surface area (Å²) < 4.78 is 13.0. The van der Waals surface area contributed by atoms with Crippen molar-refractivity contribution >= 4 is 0 Å². The number of hydrogen-bond acceptors (Lipinski definition) is 3. The fraction of sp³-hybridized carbons (Fsp3) is 0.455. The smallest absolute Gasteiger partial charge is 0.123 e. The van der Waals surface area contributed by atoms with Crippen molar-refractivity contribution in [2.75, 3.05) is 19.6 Å². The fourth-order valence-corrected chi connectivity index (χ4v) is 1.96. The van der Waals surface area contributed by atoms with E-state index in [1.54, 1.807) is 0 Å². The average molecular weight is 209 g/mol. The van der Waals surface area contributed by atoms with E-state index in [0.717, 1.165) is 30.8 Å². The number of rotatable bonds is 2. The highest BCUT2D eigenvalue weighted by Gasteiger charge is 2.17. The van der Waals surface area contributed by atoms with Gasteiger partial charge in [0.25, 0.3) is 0 Å². The normalized spacial score (nSPS) is 21.6. The van der Waals surface area contributed by atoms with Crippen LogP contribution in [0.4, 0.5) is 4.39 Å². The Morgan fingerprint density at radius 3 is 2.93 bits per heavy atom. The van der Waals surface area contributed by atoms with Crippen LogP contribution in [0.5, 0.6) is 0 Å². The van der Waals surface area contributed by atoms with Crippen molar-refractivity contribution in [2.24, 2.45) is 5.73 Å². The maximum absolute atomic E-state index is 13.0. The molecule has 15 heavy (non-hydrogen) atoms. The molecular formula is C11H16FN3. The molecule has 0 radical (unpaired) electrons. The minimum atomic E-state index is -0.219. The van der Waals surface area contributed by atoms with Gasteiger partial charge in [0, 0.05) is 32.2 Å². The maximum Gasteiger partial charge on any atom is 0.123 e. The van der Waals surface area contributed by atoms with E-state index in [1.807, 2.05) is 6.07 Å². The monoisotopic (exact) mass is 209 g/mol. The summed E-state index contributed by atoms with van der Waals surface area (Å²) in [4.78, 5) is 0. The van der Waals surface area contributed by atoms with Crippen molar-refractivity contribution in [3.63, 3.8) is 0 Å². The summed E-state index contributed by atoms with van der Waals surface area (Å²) in [5.41, 5.74) is 7.60. The zero-order valence-corrected chi connectivity index (χ0v) is 8.59. The van der Waals surface area contributed by atoms with Gasteiger partial charge in [-0.15, -0.1) is 0 Å². The molecule has 1 fully saturated rings. The fourth-order valence-electron chi connectivity index (χ4n) is 1.96. The molecule has 3 nitrogen and oxygen atoms in total. The number of halogens is 1. The Kier molecular flexibility index (Phi) is 3.30. The van der Waals surface area contributed by atoms with Gasteiger partial charge >= 0.3 is 0 Å². The van der Waals surface area contributed by atoms with Crippen LogP contribution in [0.3, 0.4) is 0 Å². The molecule has 1 saturated heterocycles. The molecule has 1 aliphatic rings. The lowest BCUT2D eigenvalue weighted by atomic mass is 9.99. The van der Waals surface area contributed by atoms with E-state index >= 15 is 0 Å². The van der Waals surface area contributed by atoms with Gasteiger partial charge in [-0.25, -0.2) is 4.39 Å². The molecule has 0 aromatic heterocycles. The zero-order valence-electron chi connectivity index (χ0n) is 8.59. The van der Waals surface area contributed by atoms with Crippen LogP contribution < -0.4 is 16.4 Å². The first-order valence-electron chi connectivity index (χ1n) is 5.24. The molecule has 2 rings (SSSR count). The van der Waals surface area contributed by atoms with E-state index in [2.05, 4.69) is 10.6 Å². The Morgan fingerprint density at radius 2 is 2.27 bits per heavy atom. The second-order valence-corrected chi connectivity index (χ2v) is 3.76. The highest BCUT2D eigenvalue weighted by molar-refractivity contribution is 5.31. The van der Waals surface area contributed by atoms with Crippen molar-refractivity contribution < 1.29 is 4.39 Å². The summed E-state index contributed by atoms with van der Waals surface area (Å²) in [6.07, 6.45) is 0. The SMILES string of the molecule is NCc1cc(F)ccc1[C@H]1CNCCN1. The van der Waals surface area contributed by atoms with Crippen molar-refractivity contribution in [3.8, 4) is 0 Å². The number of nitrogens with one attached hydrogen (secondary N) is 2. The van der Waals surface area contributed by atoms with E-state index in [1.165, 1.54) is 12.1 Å². The predicted molar refractivity (Wildman–Crippen MR) is 57.9 cm³/mol. The molecule has 4 heteroatoms. The van der Waals surface area contributed by atoms with Crippen LogP contribution in [-0.4, -0.2) is 19.6 Å². The van der Waals surface area contributed by atoms with Crippen LogP contribution in [0.1, 0.15) is 17.2 Å². The lowest BCUT2D eigenvalue weighted by molar-refractivity contribution is 0.427. The van der Waals surface area contributed by atoms with Crippen LogP contribution in [-0.2, 0) is 6.54 Å². The van der Waals surface area contributed by atoms with E-state index in [-0.39, 0.29) is 11.9 Å². The molecule has 1 aliphatic heterocycles. The van der Waals surface area contributed by atoms with Crippen molar-refractivity contribution in [1.29, 1.82) is 0 Å². The second kappa shape index (κ2) is 4.70. The minimum absolute atomic E-state index is 0.219. The molecule has 4 N–H and O–H groups in total. The van der Waals surface area contributed by atoms with Gasteiger partial charge in [0.2, 0.25) is 0 Å². The van der Waals surface area contributed by atoms with E-state index in [0.29, 0.717) is 6.54 Å². The highest BCUT2D eigenvalue weighted by atomic mass is 19.1. The van der Waals surface area contributed by atoms with E-state index in [4.69, 9.17) is 5.73 Å². The van der Waals surface area contributed by atoms with Gasteiger partial charge in [0.1, 0.15) is 5.82 Å². The van der Waals surface area contributed by atoms with E-state index in [9.17, 15) is 4.39 Å². The summed E-state index contributed by atoms with van der Waals surface area (Å²) in [5.74, 6) is -0.219. The number of hydrogen-bond donors (Lipinski definition) is 3. The molecule has 0 unspecified atom stereocenters. The highest BCUT2D eigenvalue weighted by Crippen LogP contribution is 2.19. The summed E-state index contributed by atoms with van der Waals surface area (Å²) in [6.45, 7) is 3.17. The predicted octanol–water partition coefficient (Wildman–Crippen LogP) is 0.518. The lowest BCUT2D eigenvalue weighted by Gasteiger charge is -2.26. The topological polar surface area (TPSA) is 50.1 Å². The Hall–Kier alpha value is -0.970. The molecule has 0 aliphatic carbocycles. The van der Waals surface area contributed by atoms with Gasteiger partial charge < -0.3 is 16.4 Å². The van der Waals surface area contributed by atoms with Crippen LogP contribution in [0, 0.1) is 5.82 Å². The molecule has 1 aromatic rings. The van der Waals surface area contributed by atoms with Crippen molar-refractivity contribution in [3.05, 3.63) is 35.1 Å². The first kappa shape index (κ1) is 10.5. The zero-order chi connectivity index (χ0) is 10.7. The van der Waals surface area contributed by atoms with Crippen LogP contribution in [0.2, 0.25) is 0 Å². The Balaban J connectivity index is 2.25. The van der Waals surface area contributed by atoms with Gasteiger partial charge in [0.15, 0.2) is 0 Å². The molecule has 0 spiro atoms. The molecule has 1 heterocycles. The van der Waals surface area contributed by atoms with Crippen LogP contribution >= 0.6 is 0 Å². The molecule has 0 amide bonds. The molecule has 0 saturated carbocycles. The lowest BCUT2D eigenvalue weighted by Crippen LogP contribution is -2.43. The number of nitrogens with two attached hydrogens (primary N) is 1. The van der Waals surface area contributed by atoms with Gasteiger partial charge in [-0.05, 0) is 23.3 Å².